The summed E-state index contributed by atoms with van der Waals surface area (Å²) >= 11 is 8.27. The molecule has 0 aliphatic rings. The van der Waals surface area contributed by atoms with Crippen molar-refractivity contribution in [3.8, 4) is 22.5 Å². The number of rotatable bonds is 11. The molecule has 206 valence electrons. The summed E-state index contributed by atoms with van der Waals surface area (Å²) in [5, 5.41) is 16.9. The number of hydrogen-bond donors (Lipinski definition) is 1. The molecule has 1 N–H and O–H groups in total. The number of aromatic amines is 1. The lowest BCUT2D eigenvalue weighted by molar-refractivity contribution is 0.0593. The number of ether oxygens (including phenoxy) is 2. The van der Waals surface area contributed by atoms with Crippen LogP contribution in [0.5, 0.6) is 0 Å². The van der Waals surface area contributed by atoms with E-state index in [-0.39, 0.29) is 0 Å². The first-order valence-corrected chi connectivity index (χ1v) is 14.2. The lowest BCUT2D eigenvalue weighted by Gasteiger charge is -2.21. The Morgan fingerprint density at radius 2 is 1.82 bits per heavy atom. The van der Waals surface area contributed by atoms with Gasteiger partial charge in [-0.1, -0.05) is 73.5 Å². The molecule has 0 aliphatic carbocycles. The second-order valence-electron chi connectivity index (χ2n) is 9.14. The second kappa shape index (κ2) is 12.5. The Labute approximate surface area is 241 Å². The van der Waals surface area contributed by atoms with Crippen LogP contribution in [0.2, 0.25) is 5.15 Å². The molecule has 0 saturated heterocycles. The van der Waals surface area contributed by atoms with Crippen LogP contribution in [-0.2, 0) is 22.4 Å². The average molecular weight is 577 g/mol. The van der Waals surface area contributed by atoms with Crippen molar-refractivity contribution < 1.29 is 14.3 Å². The highest BCUT2D eigenvalue weighted by Gasteiger charge is 2.30. The van der Waals surface area contributed by atoms with Crippen molar-refractivity contribution in [2.75, 3.05) is 14.2 Å². The molecule has 2 aromatic carbocycles. The van der Waals surface area contributed by atoms with E-state index >= 15 is 0 Å². The van der Waals surface area contributed by atoms with Crippen LogP contribution in [-0.4, -0.2) is 50.4 Å². The fourth-order valence-electron chi connectivity index (χ4n) is 4.86. The van der Waals surface area contributed by atoms with E-state index in [1.54, 1.807) is 13.2 Å². The number of aromatic nitrogens is 6. The van der Waals surface area contributed by atoms with Crippen LogP contribution in [0.15, 0.2) is 60.0 Å². The lowest BCUT2D eigenvalue weighted by atomic mass is 9.95. The Bertz CT molecular complexity index is 1600. The molecule has 3 aromatic heterocycles. The Hall–Kier alpha value is -3.86. The molecular weight excluding hydrogens is 548 g/mol. The summed E-state index contributed by atoms with van der Waals surface area (Å²) < 4.78 is 13.2. The number of aryl methyl sites for hydroxylation is 1. The van der Waals surface area contributed by atoms with Crippen molar-refractivity contribution in [3.63, 3.8) is 0 Å². The van der Waals surface area contributed by atoms with Gasteiger partial charge in [0.1, 0.15) is 11.9 Å². The Balaban J connectivity index is 1.64. The molecule has 40 heavy (non-hydrogen) atoms. The maximum Gasteiger partial charge on any atom is 0.339 e. The number of carbonyl (C=O) groups excluding carboxylic acids is 1. The van der Waals surface area contributed by atoms with Crippen LogP contribution >= 0.6 is 22.9 Å². The third-order valence-electron chi connectivity index (χ3n) is 6.77. The monoisotopic (exact) mass is 576 g/mol. The van der Waals surface area contributed by atoms with Gasteiger partial charge in [0.05, 0.1) is 23.2 Å². The number of unbranched alkanes of at least 4 members (excludes halogenated alkanes) is 1. The predicted octanol–water partition coefficient (Wildman–Crippen LogP) is 6.36. The van der Waals surface area contributed by atoms with Gasteiger partial charge in [0.2, 0.25) is 5.82 Å². The molecule has 0 bridgehead atoms. The number of hydrogen-bond acceptors (Lipinski definition) is 8. The minimum Gasteiger partial charge on any atom is -0.465 e. The Morgan fingerprint density at radius 1 is 1.07 bits per heavy atom. The molecule has 1 atom stereocenters. The highest BCUT2D eigenvalue weighted by Crippen LogP contribution is 2.39. The van der Waals surface area contributed by atoms with E-state index in [2.05, 4.69) is 50.3 Å². The molecule has 5 rings (SSSR count). The molecule has 0 amide bonds. The summed E-state index contributed by atoms with van der Waals surface area (Å²) in [5.41, 5.74) is 5.09. The molecule has 0 aliphatic heterocycles. The first-order valence-electron chi connectivity index (χ1n) is 12.9. The van der Waals surface area contributed by atoms with Gasteiger partial charge in [-0.05, 0) is 39.8 Å². The zero-order valence-corrected chi connectivity index (χ0v) is 24.0. The highest BCUT2D eigenvalue weighted by molar-refractivity contribution is 7.10. The van der Waals surface area contributed by atoms with Crippen LogP contribution in [0.1, 0.15) is 58.2 Å². The number of esters is 1. The van der Waals surface area contributed by atoms with E-state index in [4.69, 9.17) is 26.1 Å². The van der Waals surface area contributed by atoms with Crippen molar-refractivity contribution in [1.29, 1.82) is 0 Å². The molecular formula is C29H29ClN6O3S. The van der Waals surface area contributed by atoms with Gasteiger partial charge in [0.15, 0.2) is 5.15 Å². The third-order valence-corrected chi connectivity index (χ3v) is 8.01. The van der Waals surface area contributed by atoms with E-state index in [9.17, 15) is 4.79 Å². The Kier molecular flexibility index (Phi) is 8.69. The van der Waals surface area contributed by atoms with Gasteiger partial charge in [-0.3, -0.25) is 0 Å². The van der Waals surface area contributed by atoms with Gasteiger partial charge >= 0.3 is 5.97 Å². The molecule has 3 heterocycles. The average Bonchev–Trinajstić information content (AvgIpc) is 3.75. The highest BCUT2D eigenvalue weighted by atomic mass is 35.5. The summed E-state index contributed by atoms with van der Waals surface area (Å²) in [5.74, 6) is 0.962. The van der Waals surface area contributed by atoms with E-state index in [1.165, 1.54) is 18.4 Å². The molecule has 0 spiro atoms. The number of nitrogens with zero attached hydrogens (tertiary/aromatic N) is 5. The number of H-pyrrole nitrogens is 1. The van der Waals surface area contributed by atoms with E-state index in [0.29, 0.717) is 28.8 Å². The smallest absolute Gasteiger partial charge is 0.339 e. The molecule has 11 heteroatoms. The molecule has 0 saturated carbocycles. The maximum atomic E-state index is 12.5. The fourth-order valence-corrected chi connectivity index (χ4v) is 6.12. The standard InChI is InChI=1S/C29H29ClN6O3S/c1-4-5-14-23-31-27(30)24(25(38-2)26-22(15-16-40-26)29(37)39-3)36(23)17-18-10-6-7-11-19(18)20-12-8-9-13-21(20)28-32-34-35-33-28/h6-13,15-16,25H,4-5,14,17H2,1-3H3,(H,32,33,34,35). The van der Waals surface area contributed by atoms with Crippen LogP contribution in [0.4, 0.5) is 0 Å². The number of thiophene rings is 1. The van der Waals surface area contributed by atoms with E-state index in [1.807, 2.05) is 35.7 Å². The normalized spacial score (nSPS) is 12.0. The number of tetrazole rings is 1. The third kappa shape index (κ3) is 5.42. The van der Waals surface area contributed by atoms with Crippen LogP contribution < -0.4 is 0 Å². The van der Waals surface area contributed by atoms with Crippen LogP contribution in [0.3, 0.4) is 0 Å². The molecule has 5 aromatic rings. The maximum absolute atomic E-state index is 12.5. The second-order valence-corrected chi connectivity index (χ2v) is 10.4. The summed E-state index contributed by atoms with van der Waals surface area (Å²) in [7, 11) is 2.98. The molecule has 0 fully saturated rings. The van der Waals surface area contributed by atoms with Gasteiger partial charge in [0.25, 0.3) is 0 Å². The van der Waals surface area contributed by atoms with Crippen LogP contribution in [0.25, 0.3) is 22.5 Å². The van der Waals surface area contributed by atoms with Gasteiger partial charge in [-0.2, -0.15) is 5.21 Å². The molecule has 1 unspecified atom stereocenters. The van der Waals surface area contributed by atoms with Crippen molar-refractivity contribution in [3.05, 3.63) is 92.7 Å². The fraction of sp³-hybridized carbons (Fsp3) is 0.276. The van der Waals surface area contributed by atoms with Crippen molar-refractivity contribution >= 4 is 28.9 Å². The SMILES string of the molecule is CCCCc1nc(Cl)c(C(OC)c2sccc2C(=O)OC)n1Cc1ccccc1-c1ccccc1-c1nn[nH]n1. The largest absolute Gasteiger partial charge is 0.465 e. The van der Waals surface area contributed by atoms with Gasteiger partial charge in [-0.25, -0.2) is 9.78 Å². The van der Waals surface area contributed by atoms with E-state index in [0.717, 1.165) is 52.2 Å². The first kappa shape index (κ1) is 27.7. The summed E-state index contributed by atoms with van der Waals surface area (Å²) in [6.07, 6.45) is 2.12. The molecule has 0 radical (unpaired) electrons. The predicted molar refractivity (Wildman–Crippen MR) is 155 cm³/mol. The van der Waals surface area contributed by atoms with Gasteiger partial charge < -0.3 is 14.0 Å². The van der Waals surface area contributed by atoms with Crippen molar-refractivity contribution in [2.45, 2.75) is 38.8 Å². The van der Waals surface area contributed by atoms with Gasteiger partial charge in [-0.15, -0.1) is 21.5 Å². The van der Waals surface area contributed by atoms with Gasteiger partial charge in [0, 0.05) is 25.6 Å². The number of methoxy groups -OCH3 is 2. The molecule has 9 nitrogen and oxygen atoms in total. The van der Waals surface area contributed by atoms with Crippen molar-refractivity contribution in [2.24, 2.45) is 0 Å². The zero-order valence-electron chi connectivity index (χ0n) is 22.4. The number of imidazole rings is 1. The topological polar surface area (TPSA) is 108 Å². The van der Waals surface area contributed by atoms with Crippen LogP contribution in [0, 0.1) is 0 Å². The summed E-state index contributed by atoms with van der Waals surface area (Å²) in [6, 6.07) is 17.9. The van der Waals surface area contributed by atoms with E-state index < -0.39 is 12.1 Å². The summed E-state index contributed by atoms with van der Waals surface area (Å²) in [6.45, 7) is 2.63. The quantitative estimate of drug-likeness (QED) is 0.182. The number of benzene rings is 2. The number of nitrogens with one attached hydrogen (secondary N) is 1. The minimum atomic E-state index is -0.608. The number of carbonyl (C=O) groups is 1. The lowest BCUT2D eigenvalue weighted by Crippen LogP contribution is -2.16. The summed E-state index contributed by atoms with van der Waals surface area (Å²) in [4.78, 5) is 18.0. The first-order chi connectivity index (χ1) is 19.6. The Morgan fingerprint density at radius 3 is 2.52 bits per heavy atom. The number of halogens is 1. The van der Waals surface area contributed by atoms with Crippen molar-refractivity contribution in [1.82, 2.24) is 30.2 Å². The minimum absolute atomic E-state index is 0.354. The zero-order chi connectivity index (χ0) is 28.1.